The van der Waals surface area contributed by atoms with Crippen LogP contribution >= 0.6 is 0 Å². The lowest BCUT2D eigenvalue weighted by molar-refractivity contribution is 0.0633. The van der Waals surface area contributed by atoms with Crippen molar-refractivity contribution in [2.45, 2.75) is 19.0 Å². The largest absolute Gasteiger partial charge is 0.508 e. The molecule has 0 radical (unpaired) electrons. The zero-order valence-electron chi connectivity index (χ0n) is 14.1. The third-order valence-electron chi connectivity index (χ3n) is 4.88. The van der Waals surface area contributed by atoms with Crippen LogP contribution < -0.4 is 0 Å². The summed E-state index contributed by atoms with van der Waals surface area (Å²) < 4.78 is 14.3. The molecule has 1 heterocycles. The molecule has 1 aliphatic heterocycles. The number of benzene rings is 3. The number of carbonyl (C=O) groups excluding carboxylic acids is 1. The van der Waals surface area contributed by atoms with Crippen molar-refractivity contribution in [2.75, 3.05) is 0 Å². The summed E-state index contributed by atoms with van der Waals surface area (Å²) in [6, 6.07) is 21.3. The Morgan fingerprint density at radius 3 is 2.38 bits per heavy atom. The van der Waals surface area contributed by atoms with Crippen molar-refractivity contribution >= 4 is 5.91 Å². The van der Waals surface area contributed by atoms with Gasteiger partial charge in [-0.15, -0.1) is 0 Å². The second kappa shape index (κ2) is 6.64. The highest BCUT2D eigenvalue weighted by atomic mass is 19.1. The van der Waals surface area contributed by atoms with Crippen LogP contribution in [-0.2, 0) is 13.0 Å². The van der Waals surface area contributed by atoms with Crippen molar-refractivity contribution in [3.8, 4) is 5.75 Å². The molecule has 4 heteroatoms. The number of phenolic OH excluding ortho intramolecular Hbond substituents is 1. The Hall–Kier alpha value is -3.14. The molecular formula is C22H18FNO2. The first-order valence-corrected chi connectivity index (χ1v) is 8.54. The molecule has 1 aliphatic rings. The Balaban J connectivity index is 1.77. The molecule has 1 atom stereocenters. The zero-order valence-corrected chi connectivity index (χ0v) is 14.1. The second-order valence-corrected chi connectivity index (χ2v) is 6.50. The first-order chi connectivity index (χ1) is 12.6. The smallest absolute Gasteiger partial charge is 0.257 e. The number of fused-ring (bicyclic) bond motifs is 1. The molecule has 3 aromatic carbocycles. The van der Waals surface area contributed by atoms with Gasteiger partial charge in [0.25, 0.3) is 5.91 Å². The molecule has 3 nitrogen and oxygen atoms in total. The van der Waals surface area contributed by atoms with Crippen LogP contribution in [-0.4, -0.2) is 15.9 Å². The molecule has 0 fully saturated rings. The Bertz CT molecular complexity index is 955. The van der Waals surface area contributed by atoms with Gasteiger partial charge in [-0.05, 0) is 35.2 Å². The first kappa shape index (κ1) is 16.3. The van der Waals surface area contributed by atoms with Crippen LogP contribution in [0.3, 0.4) is 0 Å². The minimum atomic E-state index is -0.708. The van der Waals surface area contributed by atoms with E-state index in [9.17, 15) is 14.3 Å². The fraction of sp³-hybridized carbons (Fsp3) is 0.136. The van der Waals surface area contributed by atoms with Gasteiger partial charge in [-0.1, -0.05) is 54.6 Å². The predicted molar refractivity (Wildman–Crippen MR) is 97.3 cm³/mol. The van der Waals surface area contributed by atoms with Crippen molar-refractivity contribution in [3.05, 3.63) is 101 Å². The highest BCUT2D eigenvalue weighted by Gasteiger charge is 2.32. The molecule has 1 unspecified atom stereocenters. The van der Waals surface area contributed by atoms with Gasteiger partial charge in [0.05, 0.1) is 11.6 Å². The number of hydrogen-bond donors (Lipinski definition) is 1. The third-order valence-corrected chi connectivity index (χ3v) is 4.88. The lowest BCUT2D eigenvalue weighted by atomic mass is 9.89. The average molecular weight is 347 g/mol. The Labute approximate surface area is 151 Å². The highest BCUT2D eigenvalue weighted by molar-refractivity contribution is 5.95. The van der Waals surface area contributed by atoms with Crippen molar-refractivity contribution in [1.29, 1.82) is 0 Å². The number of nitrogens with zero attached hydrogens (tertiary/aromatic N) is 1. The number of hydrogen-bond acceptors (Lipinski definition) is 2. The summed E-state index contributed by atoms with van der Waals surface area (Å²) in [5.41, 5.74) is 3.28. The van der Waals surface area contributed by atoms with Crippen molar-refractivity contribution in [1.82, 2.24) is 4.90 Å². The standard InChI is InChI=1S/C22H18FNO2/c23-20-13-18(25)10-11-19(20)22(26)24-14-17-9-5-4-8-16(17)12-21(24)15-6-2-1-3-7-15/h1-11,13,21,25H,12,14H2. The van der Waals surface area contributed by atoms with E-state index in [2.05, 4.69) is 6.07 Å². The van der Waals surface area contributed by atoms with Gasteiger partial charge in [-0.2, -0.15) is 0 Å². The van der Waals surface area contributed by atoms with E-state index in [0.29, 0.717) is 13.0 Å². The Morgan fingerprint density at radius 1 is 0.962 bits per heavy atom. The second-order valence-electron chi connectivity index (χ2n) is 6.50. The van der Waals surface area contributed by atoms with E-state index in [4.69, 9.17) is 0 Å². The Kier molecular flexibility index (Phi) is 4.17. The lowest BCUT2D eigenvalue weighted by Crippen LogP contribution is -2.39. The van der Waals surface area contributed by atoms with Gasteiger partial charge < -0.3 is 10.0 Å². The van der Waals surface area contributed by atoms with Crippen LogP contribution in [0, 0.1) is 5.82 Å². The minimum Gasteiger partial charge on any atom is -0.508 e. The van der Waals surface area contributed by atoms with E-state index >= 15 is 0 Å². The first-order valence-electron chi connectivity index (χ1n) is 8.54. The SMILES string of the molecule is O=C(c1ccc(O)cc1F)N1Cc2ccccc2CC1c1ccccc1. The Morgan fingerprint density at radius 2 is 1.65 bits per heavy atom. The lowest BCUT2D eigenvalue weighted by Gasteiger charge is -2.37. The summed E-state index contributed by atoms with van der Waals surface area (Å²) >= 11 is 0. The van der Waals surface area contributed by atoms with Crippen LogP contribution in [0.4, 0.5) is 4.39 Å². The van der Waals surface area contributed by atoms with Gasteiger partial charge >= 0.3 is 0 Å². The summed E-state index contributed by atoms with van der Waals surface area (Å²) in [6.45, 7) is 0.425. The maximum Gasteiger partial charge on any atom is 0.257 e. The van der Waals surface area contributed by atoms with Crippen LogP contribution in [0.5, 0.6) is 5.75 Å². The molecule has 0 saturated carbocycles. The molecule has 0 aromatic heterocycles. The highest BCUT2D eigenvalue weighted by Crippen LogP contribution is 2.34. The van der Waals surface area contributed by atoms with Crippen LogP contribution in [0.15, 0.2) is 72.8 Å². The summed E-state index contributed by atoms with van der Waals surface area (Å²) in [7, 11) is 0. The van der Waals surface area contributed by atoms with Gasteiger partial charge in [-0.25, -0.2) is 4.39 Å². The van der Waals surface area contributed by atoms with Crippen LogP contribution in [0.2, 0.25) is 0 Å². The molecule has 1 amide bonds. The van der Waals surface area contributed by atoms with Gasteiger partial charge in [0.2, 0.25) is 0 Å². The van der Waals surface area contributed by atoms with Crippen molar-refractivity contribution in [3.63, 3.8) is 0 Å². The van der Waals surface area contributed by atoms with Gasteiger partial charge in [0.15, 0.2) is 0 Å². The third kappa shape index (κ3) is 2.94. The molecule has 0 saturated heterocycles. The molecule has 1 N–H and O–H groups in total. The summed E-state index contributed by atoms with van der Waals surface area (Å²) in [5, 5.41) is 9.42. The monoisotopic (exact) mass is 347 g/mol. The van der Waals surface area contributed by atoms with Crippen LogP contribution in [0.1, 0.15) is 33.1 Å². The number of aromatic hydroxyl groups is 1. The fourth-order valence-corrected chi connectivity index (χ4v) is 3.54. The summed E-state index contributed by atoms with van der Waals surface area (Å²) in [5.74, 6) is -1.27. The molecule has 26 heavy (non-hydrogen) atoms. The number of carbonyl (C=O) groups is 1. The van der Waals surface area contributed by atoms with Gasteiger partial charge in [-0.3, -0.25) is 4.79 Å². The summed E-state index contributed by atoms with van der Waals surface area (Å²) in [6.07, 6.45) is 0.686. The van der Waals surface area contributed by atoms with E-state index in [1.165, 1.54) is 17.7 Å². The molecule has 3 aromatic rings. The molecule has 0 spiro atoms. The maximum absolute atomic E-state index is 14.3. The van der Waals surface area contributed by atoms with E-state index < -0.39 is 5.82 Å². The molecular weight excluding hydrogens is 329 g/mol. The summed E-state index contributed by atoms with van der Waals surface area (Å²) in [4.78, 5) is 14.8. The van der Waals surface area contributed by atoms with Crippen molar-refractivity contribution in [2.24, 2.45) is 0 Å². The van der Waals surface area contributed by atoms with E-state index in [1.54, 1.807) is 4.90 Å². The van der Waals surface area contributed by atoms with E-state index in [0.717, 1.165) is 17.2 Å². The number of phenols is 1. The normalized spacial score (nSPS) is 16.2. The topological polar surface area (TPSA) is 40.5 Å². The van der Waals surface area contributed by atoms with Crippen LogP contribution in [0.25, 0.3) is 0 Å². The minimum absolute atomic E-state index is 0.0249. The number of halogens is 1. The van der Waals surface area contributed by atoms with E-state index in [1.807, 2.05) is 48.5 Å². The maximum atomic E-state index is 14.3. The molecule has 0 bridgehead atoms. The molecule has 0 aliphatic carbocycles. The molecule has 130 valence electrons. The van der Waals surface area contributed by atoms with E-state index in [-0.39, 0.29) is 23.3 Å². The fourth-order valence-electron chi connectivity index (χ4n) is 3.54. The average Bonchev–Trinajstić information content (AvgIpc) is 2.67. The number of amides is 1. The van der Waals surface area contributed by atoms with Gasteiger partial charge in [0, 0.05) is 12.6 Å². The van der Waals surface area contributed by atoms with Gasteiger partial charge in [0.1, 0.15) is 11.6 Å². The van der Waals surface area contributed by atoms with Crippen molar-refractivity contribution < 1.29 is 14.3 Å². The number of rotatable bonds is 2. The predicted octanol–water partition coefficient (Wildman–Crippen LogP) is 4.47. The zero-order chi connectivity index (χ0) is 18.1. The quantitative estimate of drug-likeness (QED) is 0.743. The molecule has 4 rings (SSSR count).